The Balaban J connectivity index is 1.18. The van der Waals surface area contributed by atoms with E-state index in [1.165, 1.54) is 5.56 Å². The number of ether oxygens (including phenoxy) is 2. The zero-order chi connectivity index (χ0) is 28.3. The molecular weight excluding hydrogens is 509 g/mol. The van der Waals surface area contributed by atoms with Crippen molar-refractivity contribution in [2.45, 2.75) is 95.7 Å². The number of nitrogens with one attached hydrogen (secondary N) is 1. The van der Waals surface area contributed by atoms with Crippen molar-refractivity contribution in [3.05, 3.63) is 58.3 Å². The molecule has 0 amide bonds. The molecule has 4 heterocycles. The van der Waals surface area contributed by atoms with Gasteiger partial charge in [-0.25, -0.2) is 9.37 Å². The van der Waals surface area contributed by atoms with Crippen LogP contribution >= 0.6 is 0 Å². The Morgan fingerprint density at radius 2 is 2.12 bits per heavy atom. The molecule has 0 saturated carbocycles. The third-order valence-corrected chi connectivity index (χ3v) is 9.22. The first kappa shape index (κ1) is 29.0. The maximum Gasteiger partial charge on any atom is 0.325 e. The average molecular weight is 554 g/mol. The average Bonchev–Trinajstić information content (AvgIpc) is 3.44. The van der Waals surface area contributed by atoms with E-state index in [4.69, 9.17) is 14.5 Å². The van der Waals surface area contributed by atoms with Crippen molar-refractivity contribution in [1.82, 2.24) is 9.88 Å². The van der Waals surface area contributed by atoms with Gasteiger partial charge in [0.05, 0.1) is 18.3 Å². The van der Waals surface area contributed by atoms with Gasteiger partial charge in [-0.3, -0.25) is 9.69 Å². The second-order valence-electron chi connectivity index (χ2n) is 12.2. The van der Waals surface area contributed by atoms with Crippen LogP contribution < -0.4 is 5.32 Å². The van der Waals surface area contributed by atoms with Crippen LogP contribution in [0.3, 0.4) is 0 Å². The van der Waals surface area contributed by atoms with Gasteiger partial charge >= 0.3 is 5.97 Å². The number of aromatic nitrogens is 1. The lowest BCUT2D eigenvalue weighted by atomic mass is 9.85. The minimum atomic E-state index is -0.928. The largest absolute Gasteiger partial charge is 0.480 e. The van der Waals surface area contributed by atoms with Crippen LogP contribution in [-0.2, 0) is 40.1 Å². The van der Waals surface area contributed by atoms with E-state index in [0.29, 0.717) is 39.0 Å². The molecule has 4 atom stereocenters. The molecule has 1 fully saturated rings. The van der Waals surface area contributed by atoms with Crippen LogP contribution in [0.25, 0.3) is 0 Å². The van der Waals surface area contributed by atoms with E-state index in [1.807, 2.05) is 36.9 Å². The van der Waals surface area contributed by atoms with Gasteiger partial charge in [0.15, 0.2) is 0 Å². The number of anilines is 1. The number of unbranched alkanes of at least 4 members (excludes halogenated alkanes) is 1. The summed E-state index contributed by atoms with van der Waals surface area (Å²) in [5, 5.41) is 13.7. The summed E-state index contributed by atoms with van der Waals surface area (Å²) in [6.07, 6.45) is 5.45. The zero-order valence-electron chi connectivity index (χ0n) is 24.1. The van der Waals surface area contributed by atoms with E-state index in [2.05, 4.69) is 17.4 Å². The minimum absolute atomic E-state index is 0.143. The number of carboxylic acids is 1. The first-order valence-electron chi connectivity index (χ1n) is 14.9. The second-order valence-corrected chi connectivity index (χ2v) is 12.2. The van der Waals surface area contributed by atoms with Gasteiger partial charge in [0, 0.05) is 38.2 Å². The molecule has 40 heavy (non-hydrogen) atoms. The molecule has 2 aromatic rings. The molecule has 0 radical (unpaired) electrons. The number of nitrogens with zero attached hydrogens (tertiary/aromatic N) is 2. The number of halogens is 1. The first-order valence-corrected chi connectivity index (χ1v) is 14.9. The second kappa shape index (κ2) is 12.5. The van der Waals surface area contributed by atoms with Gasteiger partial charge in [-0.15, -0.1) is 0 Å². The monoisotopic (exact) mass is 553 g/mol. The molecule has 0 bridgehead atoms. The highest BCUT2D eigenvalue weighted by Crippen LogP contribution is 2.37. The summed E-state index contributed by atoms with van der Waals surface area (Å²) in [7, 11) is 1.67. The van der Waals surface area contributed by atoms with E-state index in [-0.39, 0.29) is 12.0 Å². The highest BCUT2D eigenvalue weighted by Gasteiger charge is 2.40. The molecule has 1 saturated heterocycles. The van der Waals surface area contributed by atoms with Crippen LogP contribution in [0, 0.1) is 5.92 Å². The van der Waals surface area contributed by atoms with Crippen molar-refractivity contribution < 1.29 is 23.8 Å². The molecule has 0 aliphatic carbocycles. The molecule has 2 N–H and O–H groups in total. The fraction of sp³-hybridized carbons (Fsp3) is 0.625. The number of pyridine rings is 1. The molecule has 7 nitrogen and oxygen atoms in total. The Morgan fingerprint density at radius 1 is 1.27 bits per heavy atom. The maximum atomic E-state index is 15.4. The van der Waals surface area contributed by atoms with Gasteiger partial charge in [0.2, 0.25) is 0 Å². The molecule has 4 unspecified atom stereocenters. The molecule has 3 aliphatic heterocycles. The normalized spacial score (nSPS) is 22.7. The van der Waals surface area contributed by atoms with Crippen LogP contribution in [0.4, 0.5) is 10.2 Å². The molecule has 3 aliphatic rings. The minimum Gasteiger partial charge on any atom is -0.480 e. The fourth-order valence-electron chi connectivity index (χ4n) is 6.53. The quantitative estimate of drug-likeness (QED) is 0.355. The molecule has 8 heteroatoms. The standard InChI is InChI=1S/C32H44FN3O4/c1-32(2,39-3)28-18-26-23(20-40-28)8-6-11-25(26)29(31(37)38)36-17-15-22(19-36)27(33)12-5-4-10-24-14-13-21-9-7-16-34-30(21)35-24/h6,8,11,13-14,22,27-29H,4-5,7,9-10,12,15-20H2,1-3H3,(H,34,35)(H,37,38). The number of aryl methyl sites for hydroxylation is 2. The van der Waals surface area contributed by atoms with Crippen molar-refractivity contribution >= 4 is 11.8 Å². The van der Waals surface area contributed by atoms with E-state index in [9.17, 15) is 9.90 Å². The summed E-state index contributed by atoms with van der Waals surface area (Å²) in [6.45, 7) is 6.44. The number of alkyl halides is 1. The lowest BCUT2D eigenvalue weighted by Gasteiger charge is -2.38. The Labute approximate surface area is 237 Å². The maximum absolute atomic E-state index is 15.4. The van der Waals surface area contributed by atoms with Gasteiger partial charge in [0.1, 0.15) is 18.0 Å². The number of carboxylic acid groups (broad SMARTS) is 1. The SMILES string of the molecule is COC(C)(C)C1Cc2c(cccc2C(C(=O)O)N2CCC(C(F)CCCCc3ccc4c(n3)NCCC4)C2)CO1. The van der Waals surface area contributed by atoms with E-state index in [0.717, 1.165) is 66.9 Å². The molecule has 218 valence electrons. The molecule has 1 aromatic heterocycles. The number of hydrogen-bond acceptors (Lipinski definition) is 6. The molecular formula is C32H44FN3O4. The Kier molecular flexibility index (Phi) is 9.08. The molecule has 1 aromatic carbocycles. The van der Waals surface area contributed by atoms with Crippen LogP contribution in [0.5, 0.6) is 0 Å². The Hall–Kier alpha value is -2.55. The fourth-order valence-corrected chi connectivity index (χ4v) is 6.53. The lowest BCUT2D eigenvalue weighted by molar-refractivity contribution is -0.143. The van der Waals surface area contributed by atoms with Crippen LogP contribution in [0.2, 0.25) is 0 Å². The summed E-state index contributed by atoms with van der Waals surface area (Å²) in [4.78, 5) is 19.3. The van der Waals surface area contributed by atoms with Gasteiger partial charge in [-0.2, -0.15) is 0 Å². The third-order valence-electron chi connectivity index (χ3n) is 9.22. The number of rotatable bonds is 11. The number of likely N-dealkylation sites (tertiary alicyclic amines) is 1. The smallest absolute Gasteiger partial charge is 0.325 e. The van der Waals surface area contributed by atoms with Crippen LogP contribution in [0.15, 0.2) is 30.3 Å². The van der Waals surface area contributed by atoms with Gasteiger partial charge in [-0.05, 0) is 87.2 Å². The van der Waals surface area contributed by atoms with Crippen molar-refractivity contribution in [3.8, 4) is 0 Å². The van der Waals surface area contributed by atoms with Crippen LogP contribution in [-0.4, -0.2) is 65.6 Å². The van der Waals surface area contributed by atoms with Gasteiger partial charge in [-0.1, -0.05) is 30.7 Å². The predicted molar refractivity (Wildman–Crippen MR) is 153 cm³/mol. The van der Waals surface area contributed by atoms with Crippen molar-refractivity contribution in [1.29, 1.82) is 0 Å². The number of benzene rings is 1. The van der Waals surface area contributed by atoms with Gasteiger partial charge in [0.25, 0.3) is 0 Å². The van der Waals surface area contributed by atoms with E-state index in [1.54, 1.807) is 7.11 Å². The zero-order valence-corrected chi connectivity index (χ0v) is 24.1. The third kappa shape index (κ3) is 6.34. The van der Waals surface area contributed by atoms with Crippen molar-refractivity contribution in [3.63, 3.8) is 0 Å². The summed E-state index contributed by atoms with van der Waals surface area (Å²) in [6, 6.07) is 9.32. The topological polar surface area (TPSA) is 83.9 Å². The summed E-state index contributed by atoms with van der Waals surface area (Å²) in [5.74, 6) is -0.0159. The molecule has 5 rings (SSSR count). The van der Waals surface area contributed by atoms with E-state index >= 15 is 4.39 Å². The van der Waals surface area contributed by atoms with Gasteiger partial charge < -0.3 is 19.9 Å². The lowest BCUT2D eigenvalue weighted by Crippen LogP contribution is -2.44. The van der Waals surface area contributed by atoms with Crippen molar-refractivity contribution in [2.24, 2.45) is 5.92 Å². The number of hydrogen-bond donors (Lipinski definition) is 2. The Morgan fingerprint density at radius 3 is 2.92 bits per heavy atom. The number of carbonyl (C=O) groups is 1. The summed E-state index contributed by atoms with van der Waals surface area (Å²) in [5.41, 5.74) is 4.71. The van der Waals surface area contributed by atoms with E-state index < -0.39 is 23.8 Å². The molecule has 0 spiro atoms. The predicted octanol–water partition coefficient (Wildman–Crippen LogP) is 5.50. The number of fused-ring (bicyclic) bond motifs is 2. The highest BCUT2D eigenvalue weighted by atomic mass is 19.1. The Bertz CT molecular complexity index is 1190. The summed E-state index contributed by atoms with van der Waals surface area (Å²) < 4.78 is 27.1. The van der Waals surface area contributed by atoms with Crippen molar-refractivity contribution in [2.75, 3.05) is 32.1 Å². The summed E-state index contributed by atoms with van der Waals surface area (Å²) >= 11 is 0. The number of methoxy groups -OCH3 is 1. The number of aliphatic carboxylic acids is 1. The van der Waals surface area contributed by atoms with Crippen LogP contribution in [0.1, 0.15) is 79.9 Å². The highest BCUT2D eigenvalue weighted by molar-refractivity contribution is 5.76. The first-order chi connectivity index (χ1) is 19.3.